The molecule has 0 aromatic rings. The van der Waals surface area contributed by atoms with E-state index in [9.17, 15) is 0 Å². The van der Waals surface area contributed by atoms with E-state index >= 15 is 0 Å². The summed E-state index contributed by atoms with van der Waals surface area (Å²) in [5.74, 6) is 0.426. The van der Waals surface area contributed by atoms with Crippen molar-refractivity contribution in [1.29, 1.82) is 0 Å². The summed E-state index contributed by atoms with van der Waals surface area (Å²) >= 11 is 0. The number of hydrogen-bond acceptors (Lipinski definition) is 6. The highest BCUT2D eigenvalue weighted by atomic mass is 16.5. The van der Waals surface area contributed by atoms with Crippen LogP contribution < -0.4 is 5.53 Å². The topological polar surface area (TPSA) is 46.2 Å². The standard InChI is InChI=1S/C15H33N3O3/c1-7-13(19-4)12-10-17(14(8-2)20-5)16-18(11-12)15(9-3)21-6/h12-16H,7-11H2,1-6H3. The van der Waals surface area contributed by atoms with Crippen molar-refractivity contribution in [3.05, 3.63) is 0 Å². The Bertz CT molecular complexity index is 220. The normalized spacial score (nSPS) is 25.7. The van der Waals surface area contributed by atoms with Gasteiger partial charge in [0.15, 0.2) is 0 Å². The van der Waals surface area contributed by atoms with E-state index in [0.717, 1.165) is 32.4 Å². The third-order valence-corrected chi connectivity index (χ3v) is 4.29. The molecule has 1 rings (SSSR count). The van der Waals surface area contributed by atoms with Crippen LogP contribution in [0.5, 0.6) is 0 Å². The lowest BCUT2D eigenvalue weighted by Gasteiger charge is -2.47. The molecule has 0 spiro atoms. The maximum Gasteiger partial charge on any atom is 0.123 e. The van der Waals surface area contributed by atoms with E-state index in [-0.39, 0.29) is 18.6 Å². The Morgan fingerprint density at radius 3 is 1.62 bits per heavy atom. The Morgan fingerprint density at radius 1 is 0.857 bits per heavy atom. The van der Waals surface area contributed by atoms with Gasteiger partial charge in [0, 0.05) is 40.3 Å². The van der Waals surface area contributed by atoms with Gasteiger partial charge in [-0.25, -0.2) is 10.0 Å². The molecule has 0 saturated carbocycles. The molecule has 21 heavy (non-hydrogen) atoms. The van der Waals surface area contributed by atoms with Crippen molar-refractivity contribution in [3.63, 3.8) is 0 Å². The third kappa shape index (κ3) is 4.87. The lowest BCUT2D eigenvalue weighted by Crippen LogP contribution is -2.66. The van der Waals surface area contributed by atoms with E-state index in [4.69, 9.17) is 14.2 Å². The minimum atomic E-state index is 0.0547. The zero-order valence-electron chi connectivity index (χ0n) is 14.5. The average molecular weight is 303 g/mol. The molecule has 1 heterocycles. The number of hydrazine groups is 2. The number of rotatable bonds is 9. The molecule has 0 aromatic carbocycles. The van der Waals surface area contributed by atoms with E-state index in [0.29, 0.717) is 5.92 Å². The average Bonchev–Trinajstić information content (AvgIpc) is 2.51. The predicted molar refractivity (Wildman–Crippen MR) is 83.3 cm³/mol. The fraction of sp³-hybridized carbons (Fsp3) is 1.00. The summed E-state index contributed by atoms with van der Waals surface area (Å²) in [5.41, 5.74) is 3.45. The summed E-state index contributed by atoms with van der Waals surface area (Å²) in [6, 6.07) is 0. The molecule has 0 aromatic heterocycles. The van der Waals surface area contributed by atoms with Crippen molar-refractivity contribution in [3.8, 4) is 0 Å². The van der Waals surface area contributed by atoms with Gasteiger partial charge in [-0.15, -0.1) is 0 Å². The van der Waals surface area contributed by atoms with Gasteiger partial charge in [0.25, 0.3) is 0 Å². The second kappa shape index (κ2) is 9.71. The van der Waals surface area contributed by atoms with E-state index in [1.54, 1.807) is 21.3 Å². The molecule has 0 amide bonds. The van der Waals surface area contributed by atoms with E-state index in [1.165, 1.54) is 0 Å². The minimum absolute atomic E-state index is 0.0547. The highest BCUT2D eigenvalue weighted by Gasteiger charge is 2.35. The van der Waals surface area contributed by atoms with Crippen molar-refractivity contribution < 1.29 is 14.2 Å². The van der Waals surface area contributed by atoms with Crippen LogP contribution in [0, 0.1) is 5.92 Å². The first-order valence-electron chi connectivity index (χ1n) is 8.02. The molecule has 3 atom stereocenters. The fourth-order valence-corrected chi connectivity index (χ4v) is 3.13. The van der Waals surface area contributed by atoms with Crippen LogP contribution in [-0.4, -0.2) is 63.0 Å². The molecule has 1 aliphatic rings. The fourth-order valence-electron chi connectivity index (χ4n) is 3.13. The summed E-state index contributed by atoms with van der Waals surface area (Å²) in [7, 11) is 5.31. The van der Waals surface area contributed by atoms with Crippen molar-refractivity contribution >= 4 is 0 Å². The maximum atomic E-state index is 5.67. The molecule has 126 valence electrons. The Kier molecular flexibility index (Phi) is 8.70. The molecule has 6 nitrogen and oxygen atoms in total. The first-order valence-corrected chi connectivity index (χ1v) is 8.02. The molecule has 1 fully saturated rings. The van der Waals surface area contributed by atoms with Gasteiger partial charge in [0.1, 0.15) is 12.5 Å². The zero-order chi connectivity index (χ0) is 15.8. The number of ether oxygens (including phenoxy) is 3. The Morgan fingerprint density at radius 2 is 1.33 bits per heavy atom. The molecular formula is C15H33N3O3. The van der Waals surface area contributed by atoms with Crippen LogP contribution in [0.2, 0.25) is 0 Å². The van der Waals surface area contributed by atoms with Gasteiger partial charge < -0.3 is 14.2 Å². The van der Waals surface area contributed by atoms with E-state index < -0.39 is 0 Å². The van der Waals surface area contributed by atoms with Crippen molar-refractivity contribution in [2.45, 2.75) is 58.6 Å². The Labute approximate surface area is 129 Å². The van der Waals surface area contributed by atoms with Crippen molar-refractivity contribution in [1.82, 2.24) is 15.6 Å². The maximum absolute atomic E-state index is 5.67. The first kappa shape index (κ1) is 18.8. The molecule has 6 heteroatoms. The van der Waals surface area contributed by atoms with Crippen molar-refractivity contribution in [2.75, 3.05) is 34.4 Å². The smallest absolute Gasteiger partial charge is 0.123 e. The third-order valence-electron chi connectivity index (χ3n) is 4.29. The highest BCUT2D eigenvalue weighted by molar-refractivity contribution is 4.80. The van der Waals surface area contributed by atoms with E-state index in [1.807, 2.05) is 0 Å². The molecular weight excluding hydrogens is 270 g/mol. The largest absolute Gasteiger partial charge is 0.381 e. The Balaban J connectivity index is 2.86. The van der Waals surface area contributed by atoms with E-state index in [2.05, 4.69) is 36.3 Å². The molecule has 0 radical (unpaired) electrons. The van der Waals surface area contributed by atoms with Crippen LogP contribution in [0.1, 0.15) is 40.0 Å². The van der Waals surface area contributed by atoms with Gasteiger partial charge in [-0.2, -0.15) is 5.53 Å². The predicted octanol–water partition coefficient (Wildman–Crippen LogP) is 1.83. The Hall–Kier alpha value is -0.240. The molecule has 1 saturated heterocycles. The summed E-state index contributed by atoms with van der Waals surface area (Å²) in [4.78, 5) is 0. The van der Waals surface area contributed by atoms with Gasteiger partial charge in [0.2, 0.25) is 0 Å². The number of nitrogens with zero attached hydrogens (tertiary/aromatic N) is 2. The summed E-state index contributed by atoms with van der Waals surface area (Å²) in [5, 5.41) is 4.33. The van der Waals surface area contributed by atoms with Crippen molar-refractivity contribution in [2.24, 2.45) is 5.92 Å². The highest BCUT2D eigenvalue weighted by Crippen LogP contribution is 2.22. The first-order chi connectivity index (χ1) is 10.1. The quantitative estimate of drug-likeness (QED) is 0.701. The number of nitrogens with one attached hydrogen (secondary N) is 1. The molecule has 1 N–H and O–H groups in total. The van der Waals surface area contributed by atoms with Crippen LogP contribution in [0.25, 0.3) is 0 Å². The summed E-state index contributed by atoms with van der Waals surface area (Å²) < 4.78 is 16.8. The van der Waals surface area contributed by atoms with Crippen LogP contribution in [0.3, 0.4) is 0 Å². The summed E-state index contributed by atoms with van der Waals surface area (Å²) in [6.45, 7) is 8.26. The van der Waals surface area contributed by atoms with Crippen LogP contribution >= 0.6 is 0 Å². The molecule has 0 aliphatic carbocycles. The van der Waals surface area contributed by atoms with Gasteiger partial charge >= 0.3 is 0 Å². The lowest BCUT2D eigenvalue weighted by molar-refractivity contribution is -0.204. The number of hydrogen-bond donors (Lipinski definition) is 1. The van der Waals surface area contributed by atoms with Gasteiger partial charge in [0.05, 0.1) is 6.10 Å². The lowest BCUT2D eigenvalue weighted by atomic mass is 9.98. The van der Waals surface area contributed by atoms with Gasteiger partial charge in [-0.1, -0.05) is 20.8 Å². The van der Waals surface area contributed by atoms with Crippen LogP contribution in [0.15, 0.2) is 0 Å². The van der Waals surface area contributed by atoms with Gasteiger partial charge in [-0.05, 0) is 19.3 Å². The molecule has 3 unspecified atom stereocenters. The van der Waals surface area contributed by atoms with Crippen LogP contribution in [0.4, 0.5) is 0 Å². The number of methoxy groups -OCH3 is 3. The monoisotopic (exact) mass is 303 g/mol. The summed E-state index contributed by atoms with van der Waals surface area (Å²) in [6.07, 6.45) is 3.23. The van der Waals surface area contributed by atoms with Gasteiger partial charge in [-0.3, -0.25) is 0 Å². The van der Waals surface area contributed by atoms with Crippen LogP contribution in [-0.2, 0) is 14.2 Å². The second-order valence-corrected chi connectivity index (χ2v) is 5.54. The second-order valence-electron chi connectivity index (χ2n) is 5.54. The zero-order valence-corrected chi connectivity index (χ0v) is 14.5. The SMILES string of the molecule is CCC(OC)C1CN(C(CC)OC)NN(C(CC)OC)C1. The minimum Gasteiger partial charge on any atom is -0.381 e. The molecule has 1 aliphatic heterocycles. The molecule has 0 bridgehead atoms.